The van der Waals surface area contributed by atoms with E-state index in [0.29, 0.717) is 12.5 Å². The van der Waals surface area contributed by atoms with Crippen LogP contribution in [0.5, 0.6) is 0 Å². The molecule has 1 rings (SSSR count). The predicted molar refractivity (Wildman–Crippen MR) is 73.5 cm³/mol. The van der Waals surface area contributed by atoms with Gasteiger partial charge in [-0.05, 0) is 18.8 Å². The zero-order valence-electron chi connectivity index (χ0n) is 11.8. The topological polar surface area (TPSA) is 52.6 Å². The van der Waals surface area contributed by atoms with Crippen molar-refractivity contribution in [2.45, 2.75) is 46.0 Å². The molecule has 0 aliphatic carbocycles. The molecule has 0 aromatic heterocycles. The highest BCUT2D eigenvalue weighted by Gasteiger charge is 2.25. The molecular weight excluding hydrogens is 228 g/mol. The van der Waals surface area contributed by atoms with Gasteiger partial charge in [-0.2, -0.15) is 0 Å². The summed E-state index contributed by atoms with van der Waals surface area (Å²) in [6, 6.07) is 0.0425. The summed E-state index contributed by atoms with van der Waals surface area (Å²) in [6.45, 7) is 6.85. The lowest BCUT2D eigenvalue weighted by atomic mass is 9.99. The van der Waals surface area contributed by atoms with Gasteiger partial charge < -0.3 is 15.3 Å². The van der Waals surface area contributed by atoms with E-state index in [1.54, 1.807) is 0 Å². The Morgan fingerprint density at radius 2 is 2.28 bits per heavy atom. The van der Waals surface area contributed by atoms with Crippen LogP contribution in [0.3, 0.4) is 0 Å². The molecule has 1 fully saturated rings. The molecule has 0 bridgehead atoms. The van der Waals surface area contributed by atoms with Gasteiger partial charge in [0.05, 0.1) is 0 Å². The van der Waals surface area contributed by atoms with Crippen molar-refractivity contribution >= 4 is 6.03 Å². The second-order valence-electron chi connectivity index (χ2n) is 5.39. The molecule has 1 saturated heterocycles. The number of urea groups is 1. The van der Waals surface area contributed by atoms with Crippen LogP contribution in [0.4, 0.5) is 4.79 Å². The Balaban J connectivity index is 2.23. The van der Waals surface area contributed by atoms with Crippen molar-refractivity contribution < 1.29 is 9.90 Å². The van der Waals surface area contributed by atoms with E-state index in [1.807, 2.05) is 4.90 Å². The van der Waals surface area contributed by atoms with E-state index in [2.05, 4.69) is 19.2 Å². The Bertz CT molecular complexity index is 246. The lowest BCUT2D eigenvalue weighted by Crippen LogP contribution is -2.40. The molecule has 1 aliphatic rings. The van der Waals surface area contributed by atoms with Crippen molar-refractivity contribution in [3.63, 3.8) is 0 Å². The number of hydrogen-bond acceptors (Lipinski definition) is 2. The monoisotopic (exact) mass is 256 g/mol. The Labute approximate surface area is 111 Å². The van der Waals surface area contributed by atoms with Crippen LogP contribution in [0.15, 0.2) is 0 Å². The molecule has 106 valence electrons. The van der Waals surface area contributed by atoms with Gasteiger partial charge in [0.1, 0.15) is 0 Å². The highest BCUT2D eigenvalue weighted by Crippen LogP contribution is 2.16. The molecule has 0 spiro atoms. The number of nitrogens with zero attached hydrogens (tertiary/aromatic N) is 1. The van der Waals surface area contributed by atoms with Gasteiger partial charge in [0.25, 0.3) is 0 Å². The summed E-state index contributed by atoms with van der Waals surface area (Å²) in [6.07, 6.45) is 5.71. The number of unbranched alkanes of at least 4 members (excludes halogenated alkanes) is 1. The van der Waals surface area contributed by atoms with Crippen molar-refractivity contribution in [2.24, 2.45) is 11.8 Å². The first-order chi connectivity index (χ1) is 8.71. The van der Waals surface area contributed by atoms with Crippen LogP contribution in [0, 0.1) is 11.8 Å². The maximum absolute atomic E-state index is 11.9. The van der Waals surface area contributed by atoms with Crippen molar-refractivity contribution in [1.82, 2.24) is 10.2 Å². The van der Waals surface area contributed by atoms with Gasteiger partial charge in [-0.15, -0.1) is 0 Å². The van der Waals surface area contributed by atoms with Crippen LogP contribution in [-0.4, -0.2) is 42.3 Å². The quantitative estimate of drug-likeness (QED) is 0.734. The lowest BCUT2D eigenvalue weighted by Gasteiger charge is -2.20. The van der Waals surface area contributed by atoms with Crippen molar-refractivity contribution in [3.05, 3.63) is 0 Å². The molecule has 0 aromatic carbocycles. The first kappa shape index (κ1) is 15.3. The zero-order chi connectivity index (χ0) is 13.4. The summed E-state index contributed by atoms with van der Waals surface area (Å²) >= 11 is 0. The molecule has 2 atom stereocenters. The predicted octanol–water partition coefficient (Wildman–Crippen LogP) is 2.23. The minimum absolute atomic E-state index is 0.0425. The summed E-state index contributed by atoms with van der Waals surface area (Å²) in [5.41, 5.74) is 0. The van der Waals surface area contributed by atoms with Gasteiger partial charge in [0.2, 0.25) is 0 Å². The number of likely N-dealkylation sites (tertiary alicyclic amines) is 1. The SMILES string of the molecule is CCCCC(CC)CNC(=O)N1CCC(CO)C1. The van der Waals surface area contributed by atoms with E-state index in [1.165, 1.54) is 19.3 Å². The highest BCUT2D eigenvalue weighted by molar-refractivity contribution is 5.74. The molecule has 2 amide bonds. The van der Waals surface area contributed by atoms with Gasteiger partial charge in [-0.3, -0.25) is 0 Å². The van der Waals surface area contributed by atoms with Crippen molar-refractivity contribution in [1.29, 1.82) is 0 Å². The number of carbonyl (C=O) groups is 1. The Hall–Kier alpha value is -0.770. The molecule has 0 radical (unpaired) electrons. The van der Waals surface area contributed by atoms with Gasteiger partial charge in [0, 0.05) is 32.2 Å². The van der Waals surface area contributed by atoms with E-state index in [-0.39, 0.29) is 18.6 Å². The first-order valence-electron chi connectivity index (χ1n) is 7.34. The molecule has 2 N–H and O–H groups in total. The van der Waals surface area contributed by atoms with Gasteiger partial charge in [0.15, 0.2) is 0 Å². The number of aliphatic hydroxyl groups is 1. The zero-order valence-corrected chi connectivity index (χ0v) is 11.8. The van der Waals surface area contributed by atoms with Gasteiger partial charge in [-0.25, -0.2) is 4.79 Å². The molecule has 0 aromatic rings. The van der Waals surface area contributed by atoms with E-state index >= 15 is 0 Å². The van der Waals surface area contributed by atoms with Crippen LogP contribution < -0.4 is 5.32 Å². The Morgan fingerprint density at radius 3 is 2.83 bits per heavy atom. The van der Waals surface area contributed by atoms with Crippen molar-refractivity contribution in [3.8, 4) is 0 Å². The second-order valence-corrected chi connectivity index (χ2v) is 5.39. The summed E-state index contributed by atoms with van der Waals surface area (Å²) in [5, 5.41) is 12.1. The second kappa shape index (κ2) is 8.35. The summed E-state index contributed by atoms with van der Waals surface area (Å²) in [4.78, 5) is 13.8. The molecule has 0 saturated carbocycles. The molecule has 4 heteroatoms. The third-order valence-corrected chi connectivity index (χ3v) is 3.92. The lowest BCUT2D eigenvalue weighted by molar-refractivity contribution is 0.196. The third kappa shape index (κ3) is 4.84. The average molecular weight is 256 g/mol. The maximum atomic E-state index is 11.9. The average Bonchev–Trinajstić information content (AvgIpc) is 2.87. The Kier molecular flexibility index (Phi) is 7.09. The maximum Gasteiger partial charge on any atom is 0.317 e. The summed E-state index contributed by atoms with van der Waals surface area (Å²) in [5.74, 6) is 0.878. The third-order valence-electron chi connectivity index (χ3n) is 3.92. The number of carbonyl (C=O) groups excluding carboxylic acids is 1. The van der Waals surface area contributed by atoms with Crippen LogP contribution in [0.2, 0.25) is 0 Å². The fraction of sp³-hybridized carbons (Fsp3) is 0.929. The minimum atomic E-state index is 0.0425. The van der Waals surface area contributed by atoms with Crippen LogP contribution in [-0.2, 0) is 0 Å². The van der Waals surface area contributed by atoms with E-state index in [9.17, 15) is 4.79 Å². The minimum Gasteiger partial charge on any atom is -0.396 e. The molecule has 1 heterocycles. The normalized spacial score (nSPS) is 21.1. The molecule has 2 unspecified atom stereocenters. The molecule has 4 nitrogen and oxygen atoms in total. The van der Waals surface area contributed by atoms with Crippen LogP contribution >= 0.6 is 0 Å². The molecule has 18 heavy (non-hydrogen) atoms. The van der Waals surface area contributed by atoms with E-state index in [0.717, 1.165) is 25.9 Å². The standard InChI is InChI=1S/C14H28N2O2/c1-3-5-6-12(4-2)9-15-14(18)16-8-7-13(10-16)11-17/h12-13,17H,3-11H2,1-2H3,(H,15,18). The van der Waals surface area contributed by atoms with Crippen LogP contribution in [0.1, 0.15) is 46.0 Å². The first-order valence-corrected chi connectivity index (χ1v) is 7.34. The number of hydrogen-bond donors (Lipinski definition) is 2. The number of nitrogens with one attached hydrogen (secondary N) is 1. The van der Waals surface area contributed by atoms with E-state index in [4.69, 9.17) is 5.11 Å². The number of aliphatic hydroxyl groups excluding tert-OH is 1. The fourth-order valence-electron chi connectivity index (χ4n) is 2.45. The fourth-order valence-corrected chi connectivity index (χ4v) is 2.45. The number of rotatable bonds is 7. The van der Waals surface area contributed by atoms with Crippen molar-refractivity contribution in [2.75, 3.05) is 26.2 Å². The summed E-state index contributed by atoms with van der Waals surface area (Å²) < 4.78 is 0. The smallest absolute Gasteiger partial charge is 0.317 e. The van der Waals surface area contributed by atoms with Gasteiger partial charge in [-0.1, -0.05) is 33.1 Å². The number of amides is 2. The molecule has 1 aliphatic heterocycles. The highest BCUT2D eigenvalue weighted by atomic mass is 16.3. The largest absolute Gasteiger partial charge is 0.396 e. The van der Waals surface area contributed by atoms with Crippen LogP contribution in [0.25, 0.3) is 0 Å². The van der Waals surface area contributed by atoms with E-state index < -0.39 is 0 Å². The molecular formula is C14H28N2O2. The Morgan fingerprint density at radius 1 is 1.50 bits per heavy atom. The summed E-state index contributed by atoms with van der Waals surface area (Å²) in [7, 11) is 0. The van der Waals surface area contributed by atoms with Gasteiger partial charge >= 0.3 is 6.03 Å².